The third-order valence-electron chi connectivity index (χ3n) is 2.99. The maximum absolute atomic E-state index is 11.6. The SMILES string of the molecule is CCCOc1ccc(CCC(=O)NCCCCN)cc1. The third kappa shape index (κ3) is 7.14. The van der Waals surface area contributed by atoms with Crippen LogP contribution in [0.4, 0.5) is 0 Å². The van der Waals surface area contributed by atoms with Crippen LogP contribution in [0.2, 0.25) is 0 Å². The van der Waals surface area contributed by atoms with Crippen molar-refractivity contribution in [3.05, 3.63) is 29.8 Å². The Morgan fingerprint density at radius 1 is 1.25 bits per heavy atom. The zero-order valence-corrected chi connectivity index (χ0v) is 12.4. The number of aryl methyl sites for hydroxylation is 1. The van der Waals surface area contributed by atoms with Gasteiger partial charge in [-0.05, 0) is 49.9 Å². The normalized spacial score (nSPS) is 10.3. The van der Waals surface area contributed by atoms with E-state index in [1.165, 1.54) is 0 Å². The second kappa shape index (κ2) is 10.3. The van der Waals surface area contributed by atoms with Crippen LogP contribution in [0, 0.1) is 0 Å². The summed E-state index contributed by atoms with van der Waals surface area (Å²) in [5, 5.41) is 2.91. The van der Waals surface area contributed by atoms with Gasteiger partial charge in [0.15, 0.2) is 0 Å². The quantitative estimate of drug-likeness (QED) is 0.645. The number of unbranched alkanes of at least 4 members (excludes halogenated alkanes) is 1. The monoisotopic (exact) mass is 278 g/mol. The molecule has 0 aliphatic heterocycles. The second-order valence-electron chi connectivity index (χ2n) is 4.84. The van der Waals surface area contributed by atoms with E-state index in [0.29, 0.717) is 13.0 Å². The fraction of sp³-hybridized carbons (Fsp3) is 0.562. The first-order valence-electron chi connectivity index (χ1n) is 7.44. The number of amides is 1. The third-order valence-corrected chi connectivity index (χ3v) is 2.99. The van der Waals surface area contributed by atoms with Gasteiger partial charge in [0, 0.05) is 13.0 Å². The van der Waals surface area contributed by atoms with E-state index in [9.17, 15) is 4.79 Å². The predicted octanol–water partition coefficient (Wildman–Crippen LogP) is 2.26. The van der Waals surface area contributed by atoms with Crippen molar-refractivity contribution in [2.45, 2.75) is 39.0 Å². The highest BCUT2D eigenvalue weighted by Crippen LogP contribution is 2.13. The van der Waals surface area contributed by atoms with E-state index in [-0.39, 0.29) is 5.91 Å². The first-order chi connectivity index (χ1) is 9.76. The largest absolute Gasteiger partial charge is 0.494 e. The number of hydrogen-bond donors (Lipinski definition) is 2. The minimum atomic E-state index is 0.105. The van der Waals surface area contributed by atoms with Crippen molar-refractivity contribution in [2.75, 3.05) is 19.7 Å². The van der Waals surface area contributed by atoms with E-state index < -0.39 is 0 Å². The molecule has 1 rings (SSSR count). The summed E-state index contributed by atoms with van der Waals surface area (Å²) in [4.78, 5) is 11.6. The highest BCUT2D eigenvalue weighted by Gasteiger charge is 2.02. The Labute approximate surface area is 121 Å². The summed E-state index contributed by atoms with van der Waals surface area (Å²) >= 11 is 0. The molecule has 0 spiro atoms. The molecule has 3 N–H and O–H groups in total. The predicted molar refractivity (Wildman–Crippen MR) is 81.8 cm³/mol. The minimum Gasteiger partial charge on any atom is -0.494 e. The summed E-state index contributed by atoms with van der Waals surface area (Å²) < 4.78 is 5.52. The Bertz CT molecular complexity index is 377. The molecule has 0 radical (unpaired) electrons. The van der Waals surface area contributed by atoms with Crippen molar-refractivity contribution in [1.82, 2.24) is 5.32 Å². The number of carbonyl (C=O) groups excluding carboxylic acids is 1. The van der Waals surface area contributed by atoms with Crippen LogP contribution < -0.4 is 15.8 Å². The highest BCUT2D eigenvalue weighted by molar-refractivity contribution is 5.76. The standard InChI is InChI=1S/C16H26N2O2/c1-2-13-20-15-8-5-14(6-9-15)7-10-16(19)18-12-4-3-11-17/h5-6,8-9H,2-4,7,10-13,17H2,1H3,(H,18,19). The van der Waals surface area contributed by atoms with Gasteiger partial charge in [0.05, 0.1) is 6.61 Å². The number of nitrogens with one attached hydrogen (secondary N) is 1. The van der Waals surface area contributed by atoms with Gasteiger partial charge < -0.3 is 15.8 Å². The first kappa shape index (κ1) is 16.5. The summed E-state index contributed by atoms with van der Waals surface area (Å²) in [6, 6.07) is 7.97. The van der Waals surface area contributed by atoms with E-state index in [0.717, 1.165) is 50.1 Å². The number of ether oxygens (including phenoxy) is 1. The molecule has 4 nitrogen and oxygen atoms in total. The molecule has 0 saturated heterocycles. The number of benzene rings is 1. The van der Waals surface area contributed by atoms with Gasteiger partial charge in [-0.3, -0.25) is 4.79 Å². The van der Waals surface area contributed by atoms with Gasteiger partial charge >= 0.3 is 0 Å². The number of hydrogen-bond acceptors (Lipinski definition) is 3. The fourth-order valence-corrected chi connectivity index (χ4v) is 1.82. The molecule has 0 unspecified atom stereocenters. The Balaban J connectivity index is 2.22. The van der Waals surface area contributed by atoms with Crippen molar-refractivity contribution in [2.24, 2.45) is 5.73 Å². The van der Waals surface area contributed by atoms with Crippen LogP contribution in [-0.4, -0.2) is 25.6 Å². The van der Waals surface area contributed by atoms with Crippen molar-refractivity contribution in [3.63, 3.8) is 0 Å². The molecule has 0 aromatic heterocycles. The van der Waals surface area contributed by atoms with E-state index >= 15 is 0 Å². The number of rotatable bonds is 10. The van der Waals surface area contributed by atoms with E-state index in [1.54, 1.807) is 0 Å². The van der Waals surface area contributed by atoms with Crippen LogP contribution in [0.1, 0.15) is 38.2 Å². The van der Waals surface area contributed by atoms with Crippen LogP contribution in [0.3, 0.4) is 0 Å². The van der Waals surface area contributed by atoms with Gasteiger partial charge in [-0.1, -0.05) is 19.1 Å². The lowest BCUT2D eigenvalue weighted by Crippen LogP contribution is -2.25. The molecule has 0 aliphatic carbocycles. The van der Waals surface area contributed by atoms with Crippen molar-refractivity contribution >= 4 is 5.91 Å². The van der Waals surface area contributed by atoms with Gasteiger partial charge in [-0.25, -0.2) is 0 Å². The lowest BCUT2D eigenvalue weighted by Gasteiger charge is -2.07. The van der Waals surface area contributed by atoms with Crippen LogP contribution in [0.5, 0.6) is 5.75 Å². The molecule has 4 heteroatoms. The number of carbonyl (C=O) groups is 1. The van der Waals surface area contributed by atoms with Gasteiger partial charge in [0.1, 0.15) is 5.75 Å². The molecule has 112 valence electrons. The van der Waals surface area contributed by atoms with E-state index in [2.05, 4.69) is 12.2 Å². The highest BCUT2D eigenvalue weighted by atomic mass is 16.5. The summed E-state index contributed by atoms with van der Waals surface area (Å²) in [7, 11) is 0. The summed E-state index contributed by atoms with van der Waals surface area (Å²) in [6.45, 7) is 4.23. The van der Waals surface area contributed by atoms with Crippen LogP contribution in [0.15, 0.2) is 24.3 Å². The Hall–Kier alpha value is -1.55. The van der Waals surface area contributed by atoms with Crippen LogP contribution >= 0.6 is 0 Å². The minimum absolute atomic E-state index is 0.105. The average Bonchev–Trinajstić information content (AvgIpc) is 2.48. The van der Waals surface area contributed by atoms with Crippen molar-refractivity contribution in [1.29, 1.82) is 0 Å². The maximum atomic E-state index is 11.6. The molecule has 1 aromatic rings. The Morgan fingerprint density at radius 3 is 2.65 bits per heavy atom. The Kier molecular flexibility index (Phi) is 8.47. The summed E-state index contributed by atoms with van der Waals surface area (Å²) in [5.41, 5.74) is 6.56. The molecule has 0 atom stereocenters. The Morgan fingerprint density at radius 2 is 2.00 bits per heavy atom. The van der Waals surface area contributed by atoms with Gasteiger partial charge in [0.25, 0.3) is 0 Å². The first-order valence-corrected chi connectivity index (χ1v) is 7.44. The molecule has 0 fully saturated rings. The van der Waals surface area contributed by atoms with E-state index in [1.807, 2.05) is 24.3 Å². The number of nitrogens with two attached hydrogens (primary N) is 1. The van der Waals surface area contributed by atoms with Crippen molar-refractivity contribution in [3.8, 4) is 5.75 Å². The molecule has 0 aliphatic rings. The summed E-state index contributed by atoms with van der Waals surface area (Å²) in [5.74, 6) is 0.996. The smallest absolute Gasteiger partial charge is 0.220 e. The molecular formula is C16H26N2O2. The fourth-order valence-electron chi connectivity index (χ4n) is 1.82. The van der Waals surface area contributed by atoms with Crippen LogP contribution in [0.25, 0.3) is 0 Å². The molecular weight excluding hydrogens is 252 g/mol. The lowest BCUT2D eigenvalue weighted by molar-refractivity contribution is -0.121. The topological polar surface area (TPSA) is 64.3 Å². The molecule has 0 bridgehead atoms. The molecule has 20 heavy (non-hydrogen) atoms. The second-order valence-corrected chi connectivity index (χ2v) is 4.84. The van der Waals surface area contributed by atoms with Gasteiger partial charge in [-0.2, -0.15) is 0 Å². The zero-order chi connectivity index (χ0) is 14.6. The molecule has 0 saturated carbocycles. The van der Waals surface area contributed by atoms with Crippen molar-refractivity contribution < 1.29 is 9.53 Å². The lowest BCUT2D eigenvalue weighted by atomic mass is 10.1. The molecule has 0 heterocycles. The van der Waals surface area contributed by atoms with E-state index in [4.69, 9.17) is 10.5 Å². The van der Waals surface area contributed by atoms with Crippen LogP contribution in [-0.2, 0) is 11.2 Å². The maximum Gasteiger partial charge on any atom is 0.220 e. The zero-order valence-electron chi connectivity index (χ0n) is 12.4. The summed E-state index contributed by atoms with van der Waals surface area (Å²) in [6.07, 6.45) is 4.20. The molecule has 1 aromatic carbocycles. The molecule has 1 amide bonds. The van der Waals surface area contributed by atoms with Gasteiger partial charge in [0.2, 0.25) is 5.91 Å². The van der Waals surface area contributed by atoms with Gasteiger partial charge in [-0.15, -0.1) is 0 Å². The average molecular weight is 278 g/mol.